The zero-order valence-corrected chi connectivity index (χ0v) is 9.96. The molecule has 0 amide bonds. The van der Waals surface area contributed by atoms with Crippen LogP contribution in [0.3, 0.4) is 0 Å². The molecular weight excluding hydrogens is 243 g/mol. The predicted molar refractivity (Wildman–Crippen MR) is 62.2 cm³/mol. The lowest BCUT2D eigenvalue weighted by Gasteiger charge is -2.41. The Morgan fingerprint density at radius 2 is 1.78 bits per heavy atom. The van der Waals surface area contributed by atoms with Gasteiger partial charge in [-0.3, -0.25) is 0 Å². The highest BCUT2D eigenvalue weighted by Crippen LogP contribution is 2.42. The van der Waals surface area contributed by atoms with E-state index < -0.39 is 6.36 Å². The summed E-state index contributed by atoms with van der Waals surface area (Å²) < 4.78 is 39.8. The van der Waals surface area contributed by atoms with Gasteiger partial charge in [0.1, 0.15) is 5.75 Å². The number of rotatable bonds is 4. The van der Waals surface area contributed by atoms with Crippen molar-refractivity contribution in [3.05, 3.63) is 29.8 Å². The third-order valence-corrected chi connectivity index (χ3v) is 3.58. The van der Waals surface area contributed by atoms with Gasteiger partial charge in [0.05, 0.1) is 0 Å². The maximum absolute atomic E-state index is 12.0. The van der Waals surface area contributed by atoms with Gasteiger partial charge in [-0.05, 0) is 48.9 Å². The average Bonchev–Trinajstić information content (AvgIpc) is 2.24. The standard InChI is InChI=1S/C13H16F3NO/c14-13(15,16)18-11-4-2-10(3-5-11)8-12(9-17)6-1-7-12/h2-5H,1,6-9,17H2. The van der Waals surface area contributed by atoms with E-state index in [1.807, 2.05) is 0 Å². The minimum absolute atomic E-state index is 0.159. The lowest BCUT2D eigenvalue weighted by atomic mass is 9.65. The molecule has 0 aliphatic heterocycles. The van der Waals surface area contributed by atoms with Gasteiger partial charge < -0.3 is 10.5 Å². The molecule has 5 heteroatoms. The lowest BCUT2D eigenvalue weighted by molar-refractivity contribution is -0.274. The summed E-state index contributed by atoms with van der Waals surface area (Å²) in [6.07, 6.45) is -0.412. The highest BCUT2D eigenvalue weighted by Gasteiger charge is 2.35. The van der Waals surface area contributed by atoms with Crippen molar-refractivity contribution in [2.75, 3.05) is 6.54 Å². The summed E-state index contributed by atoms with van der Waals surface area (Å²) in [5.74, 6) is -0.179. The van der Waals surface area contributed by atoms with E-state index in [4.69, 9.17) is 5.73 Å². The number of hydrogen-bond acceptors (Lipinski definition) is 2. The first-order valence-corrected chi connectivity index (χ1v) is 5.97. The fraction of sp³-hybridized carbons (Fsp3) is 0.538. The Bertz CT molecular complexity index is 390. The maximum atomic E-state index is 12.0. The van der Waals surface area contributed by atoms with Crippen molar-refractivity contribution >= 4 is 0 Å². The molecule has 0 unspecified atom stereocenters. The van der Waals surface area contributed by atoms with Gasteiger partial charge in [-0.1, -0.05) is 18.6 Å². The monoisotopic (exact) mass is 259 g/mol. The number of hydrogen-bond donors (Lipinski definition) is 1. The molecule has 1 fully saturated rings. The Labute approximate surface area is 104 Å². The summed E-state index contributed by atoms with van der Waals surface area (Å²) in [5, 5.41) is 0. The summed E-state index contributed by atoms with van der Waals surface area (Å²) >= 11 is 0. The van der Waals surface area contributed by atoms with E-state index in [1.165, 1.54) is 18.6 Å². The number of benzene rings is 1. The Kier molecular flexibility index (Phi) is 3.52. The molecule has 1 aliphatic rings. The molecule has 1 saturated carbocycles. The normalized spacial score (nSPS) is 18.2. The molecule has 100 valence electrons. The second kappa shape index (κ2) is 4.80. The third kappa shape index (κ3) is 3.16. The van der Waals surface area contributed by atoms with Gasteiger partial charge >= 0.3 is 6.36 Å². The van der Waals surface area contributed by atoms with Gasteiger partial charge in [0.25, 0.3) is 0 Å². The molecule has 1 aromatic carbocycles. The van der Waals surface area contributed by atoms with Crippen LogP contribution in [0.4, 0.5) is 13.2 Å². The van der Waals surface area contributed by atoms with Crippen molar-refractivity contribution in [1.29, 1.82) is 0 Å². The molecule has 2 rings (SSSR count). The zero-order valence-electron chi connectivity index (χ0n) is 9.96. The second-order valence-electron chi connectivity index (χ2n) is 4.93. The molecule has 0 bridgehead atoms. The van der Waals surface area contributed by atoms with Gasteiger partial charge in [0.15, 0.2) is 0 Å². The van der Waals surface area contributed by atoms with Crippen molar-refractivity contribution in [2.45, 2.75) is 32.0 Å². The quantitative estimate of drug-likeness (QED) is 0.900. The van der Waals surface area contributed by atoms with Gasteiger partial charge in [-0.2, -0.15) is 0 Å². The summed E-state index contributed by atoms with van der Waals surface area (Å²) in [4.78, 5) is 0. The number of alkyl halides is 3. The van der Waals surface area contributed by atoms with Crippen LogP contribution < -0.4 is 10.5 Å². The minimum Gasteiger partial charge on any atom is -0.406 e. The molecule has 0 saturated heterocycles. The number of halogens is 3. The van der Waals surface area contributed by atoms with Gasteiger partial charge in [-0.25, -0.2) is 0 Å². The van der Waals surface area contributed by atoms with Crippen LogP contribution in [-0.2, 0) is 6.42 Å². The zero-order chi connectivity index (χ0) is 13.2. The van der Waals surface area contributed by atoms with Crippen LogP contribution >= 0.6 is 0 Å². The van der Waals surface area contributed by atoms with Crippen LogP contribution in [0.1, 0.15) is 24.8 Å². The minimum atomic E-state index is -4.63. The first-order valence-electron chi connectivity index (χ1n) is 5.97. The smallest absolute Gasteiger partial charge is 0.406 e. The average molecular weight is 259 g/mol. The Hall–Kier alpha value is -1.23. The maximum Gasteiger partial charge on any atom is 0.573 e. The van der Waals surface area contributed by atoms with Crippen molar-refractivity contribution in [3.8, 4) is 5.75 Å². The van der Waals surface area contributed by atoms with E-state index in [0.29, 0.717) is 6.54 Å². The Balaban J connectivity index is 1.99. The highest BCUT2D eigenvalue weighted by molar-refractivity contribution is 5.28. The highest BCUT2D eigenvalue weighted by atomic mass is 19.4. The van der Waals surface area contributed by atoms with Crippen molar-refractivity contribution in [2.24, 2.45) is 11.1 Å². The topological polar surface area (TPSA) is 35.2 Å². The molecule has 0 heterocycles. The summed E-state index contributed by atoms with van der Waals surface area (Å²) in [6, 6.07) is 6.06. The van der Waals surface area contributed by atoms with Gasteiger partial charge in [0, 0.05) is 0 Å². The molecule has 18 heavy (non-hydrogen) atoms. The number of ether oxygens (including phenoxy) is 1. The van der Waals surface area contributed by atoms with E-state index in [9.17, 15) is 13.2 Å². The first-order chi connectivity index (χ1) is 8.42. The van der Waals surface area contributed by atoms with Crippen molar-refractivity contribution in [1.82, 2.24) is 0 Å². The van der Waals surface area contributed by atoms with Crippen LogP contribution in [0, 0.1) is 5.41 Å². The molecule has 1 aliphatic carbocycles. The fourth-order valence-corrected chi connectivity index (χ4v) is 2.37. The second-order valence-corrected chi connectivity index (χ2v) is 4.93. The van der Waals surface area contributed by atoms with E-state index >= 15 is 0 Å². The van der Waals surface area contributed by atoms with Crippen molar-refractivity contribution < 1.29 is 17.9 Å². The van der Waals surface area contributed by atoms with Crippen molar-refractivity contribution in [3.63, 3.8) is 0 Å². The summed E-state index contributed by atoms with van der Waals surface area (Å²) in [5.41, 5.74) is 6.92. The third-order valence-electron chi connectivity index (χ3n) is 3.58. The van der Waals surface area contributed by atoms with Crippen LogP contribution in [0.5, 0.6) is 5.75 Å². The molecule has 0 spiro atoms. The van der Waals surface area contributed by atoms with Crippen LogP contribution in [0.25, 0.3) is 0 Å². The lowest BCUT2D eigenvalue weighted by Crippen LogP contribution is -2.39. The van der Waals surface area contributed by atoms with Gasteiger partial charge in [-0.15, -0.1) is 13.2 Å². The predicted octanol–water partition coefficient (Wildman–Crippen LogP) is 3.26. The van der Waals surface area contributed by atoms with Crippen LogP contribution in [0.2, 0.25) is 0 Å². The molecule has 0 radical (unpaired) electrons. The van der Waals surface area contributed by atoms with E-state index in [2.05, 4.69) is 4.74 Å². The molecule has 0 aromatic heterocycles. The molecule has 2 N–H and O–H groups in total. The molecule has 2 nitrogen and oxygen atoms in total. The van der Waals surface area contributed by atoms with Crippen LogP contribution in [0.15, 0.2) is 24.3 Å². The molecule has 0 atom stereocenters. The Morgan fingerprint density at radius 3 is 2.17 bits per heavy atom. The molecule has 1 aromatic rings. The van der Waals surface area contributed by atoms with Gasteiger partial charge in [0.2, 0.25) is 0 Å². The summed E-state index contributed by atoms with van der Waals surface area (Å²) in [6.45, 7) is 0.633. The first kappa shape index (κ1) is 13.2. The Morgan fingerprint density at radius 1 is 1.17 bits per heavy atom. The van der Waals surface area contributed by atoms with E-state index in [-0.39, 0.29) is 11.2 Å². The van der Waals surface area contributed by atoms with E-state index in [1.54, 1.807) is 12.1 Å². The fourth-order valence-electron chi connectivity index (χ4n) is 2.37. The summed E-state index contributed by atoms with van der Waals surface area (Å²) in [7, 11) is 0. The van der Waals surface area contributed by atoms with Crippen LogP contribution in [-0.4, -0.2) is 12.9 Å². The number of nitrogens with two attached hydrogens (primary N) is 1. The van der Waals surface area contributed by atoms with E-state index in [0.717, 1.165) is 24.8 Å². The molecular formula is C13H16F3NO. The SMILES string of the molecule is NCC1(Cc2ccc(OC(F)(F)F)cc2)CCC1. The largest absolute Gasteiger partial charge is 0.573 e.